The Bertz CT molecular complexity index is 1200. The monoisotopic (exact) mass is 456 g/mol. The third kappa shape index (κ3) is 4.30. The summed E-state index contributed by atoms with van der Waals surface area (Å²) in [6.07, 6.45) is -0.0873. The molecule has 4 rings (SSSR count). The Morgan fingerprint density at radius 3 is 2.39 bits per heavy atom. The minimum absolute atomic E-state index is 0.244. The Kier molecular flexibility index (Phi) is 6.00. The van der Waals surface area contributed by atoms with Crippen molar-refractivity contribution in [3.05, 3.63) is 94.5 Å². The first-order valence-electron chi connectivity index (χ1n) is 9.70. The van der Waals surface area contributed by atoms with E-state index in [1.54, 1.807) is 60.7 Å². The van der Waals surface area contributed by atoms with Gasteiger partial charge in [0.05, 0.1) is 18.4 Å². The summed E-state index contributed by atoms with van der Waals surface area (Å²) in [5.41, 5.74) is 2.66. The van der Waals surface area contributed by atoms with Crippen LogP contribution in [0.25, 0.3) is 0 Å². The van der Waals surface area contributed by atoms with Gasteiger partial charge in [0.2, 0.25) is 10.0 Å². The van der Waals surface area contributed by atoms with Gasteiger partial charge in [-0.15, -0.1) is 0 Å². The molecule has 1 aliphatic rings. The van der Waals surface area contributed by atoms with E-state index >= 15 is 0 Å². The van der Waals surface area contributed by atoms with Crippen LogP contribution in [0.4, 0.5) is 5.69 Å². The van der Waals surface area contributed by atoms with Gasteiger partial charge < -0.3 is 10.1 Å². The number of benzene rings is 3. The second kappa shape index (κ2) is 8.70. The van der Waals surface area contributed by atoms with E-state index in [0.29, 0.717) is 22.7 Å². The van der Waals surface area contributed by atoms with E-state index in [2.05, 4.69) is 5.32 Å². The lowest BCUT2D eigenvalue weighted by Gasteiger charge is -2.37. The van der Waals surface area contributed by atoms with Gasteiger partial charge in [0.1, 0.15) is 11.1 Å². The van der Waals surface area contributed by atoms with Crippen LogP contribution in [0.15, 0.2) is 77.7 Å². The van der Waals surface area contributed by atoms with E-state index < -0.39 is 22.2 Å². The number of nitrogens with one attached hydrogen (secondary N) is 1. The highest BCUT2D eigenvalue weighted by Crippen LogP contribution is 2.38. The van der Waals surface area contributed by atoms with Crippen LogP contribution in [0.1, 0.15) is 27.7 Å². The molecule has 0 radical (unpaired) electrons. The summed E-state index contributed by atoms with van der Waals surface area (Å²) in [4.78, 5) is 12.0. The van der Waals surface area contributed by atoms with E-state index in [-0.39, 0.29) is 11.4 Å². The zero-order chi connectivity index (χ0) is 22.0. The highest BCUT2D eigenvalue weighted by atomic mass is 35.5. The van der Waals surface area contributed by atoms with Gasteiger partial charge in [-0.05, 0) is 53.9 Å². The molecular formula is C23H21ClN2O4S. The van der Waals surface area contributed by atoms with E-state index in [9.17, 15) is 13.2 Å². The fourth-order valence-electron chi connectivity index (χ4n) is 3.60. The molecule has 3 aromatic carbocycles. The van der Waals surface area contributed by atoms with Crippen LogP contribution in [0.3, 0.4) is 0 Å². The molecule has 0 amide bonds. The third-order valence-electron chi connectivity index (χ3n) is 5.24. The van der Waals surface area contributed by atoms with Crippen LogP contribution in [-0.4, -0.2) is 32.3 Å². The zero-order valence-electron chi connectivity index (χ0n) is 16.8. The van der Waals surface area contributed by atoms with Crippen molar-refractivity contribution in [2.45, 2.75) is 17.5 Å². The third-order valence-corrected chi connectivity index (χ3v) is 7.41. The maximum absolute atomic E-state index is 13.5. The number of hydrogen-bond acceptors (Lipinski definition) is 5. The Morgan fingerprint density at radius 2 is 1.71 bits per heavy atom. The first-order valence-corrected chi connectivity index (χ1v) is 11.5. The lowest BCUT2D eigenvalue weighted by molar-refractivity contribution is 0.0600. The maximum Gasteiger partial charge on any atom is 0.337 e. The Labute approximate surface area is 186 Å². The highest BCUT2D eigenvalue weighted by Gasteiger charge is 2.38. The van der Waals surface area contributed by atoms with Gasteiger partial charge in [-0.1, -0.05) is 48.0 Å². The molecule has 1 unspecified atom stereocenters. The van der Waals surface area contributed by atoms with E-state index in [4.69, 9.17) is 16.3 Å². The van der Waals surface area contributed by atoms with Crippen molar-refractivity contribution in [1.29, 1.82) is 0 Å². The number of anilines is 1. The summed E-state index contributed by atoms with van der Waals surface area (Å²) in [6, 6.07) is 21.0. The zero-order valence-corrected chi connectivity index (χ0v) is 18.4. The number of rotatable bonds is 5. The maximum atomic E-state index is 13.5. The summed E-state index contributed by atoms with van der Waals surface area (Å²) in [5.74, 6) is -0.444. The molecule has 0 aromatic heterocycles. The number of esters is 1. The lowest BCUT2D eigenvalue weighted by atomic mass is 10.1. The molecule has 1 heterocycles. The second-order valence-electron chi connectivity index (χ2n) is 7.15. The molecule has 6 nitrogen and oxygen atoms in total. The predicted octanol–water partition coefficient (Wildman–Crippen LogP) is 4.48. The average molecular weight is 457 g/mol. The number of carbonyl (C=O) groups is 1. The molecule has 0 spiro atoms. The summed E-state index contributed by atoms with van der Waals surface area (Å²) < 4.78 is 33.2. The molecule has 1 aliphatic heterocycles. The molecule has 3 aromatic rings. The normalized spacial score (nSPS) is 17.4. The minimum Gasteiger partial charge on any atom is -0.465 e. The highest BCUT2D eigenvalue weighted by molar-refractivity contribution is 7.89. The van der Waals surface area contributed by atoms with Crippen molar-refractivity contribution in [3.8, 4) is 0 Å². The van der Waals surface area contributed by atoms with Gasteiger partial charge in [0.25, 0.3) is 0 Å². The summed E-state index contributed by atoms with van der Waals surface area (Å²) in [6.45, 7) is 0.273. The molecule has 1 atom stereocenters. The number of methoxy groups -OCH3 is 1. The summed E-state index contributed by atoms with van der Waals surface area (Å²) in [5, 5.41) is 3.97. The molecular weight excluding hydrogens is 436 g/mol. The molecule has 8 heteroatoms. The second-order valence-corrected chi connectivity index (χ2v) is 9.44. The first-order chi connectivity index (χ1) is 14.9. The number of nitrogens with zero attached hydrogens (tertiary/aromatic N) is 1. The van der Waals surface area contributed by atoms with E-state index in [1.165, 1.54) is 11.4 Å². The molecule has 0 aliphatic carbocycles. The van der Waals surface area contributed by atoms with E-state index in [0.717, 1.165) is 11.1 Å². The van der Waals surface area contributed by atoms with Crippen LogP contribution in [0.2, 0.25) is 5.02 Å². The average Bonchev–Trinajstić information content (AvgIpc) is 2.79. The molecule has 0 bridgehead atoms. The molecule has 0 fully saturated rings. The van der Waals surface area contributed by atoms with Crippen LogP contribution in [0.5, 0.6) is 0 Å². The quantitative estimate of drug-likeness (QED) is 0.573. The van der Waals surface area contributed by atoms with Gasteiger partial charge in [0.15, 0.2) is 0 Å². The smallest absolute Gasteiger partial charge is 0.337 e. The summed E-state index contributed by atoms with van der Waals surface area (Å²) in [7, 11) is -2.42. The Balaban J connectivity index is 1.70. The lowest BCUT2D eigenvalue weighted by Crippen LogP contribution is -2.43. The Hall–Kier alpha value is -2.87. The van der Waals surface area contributed by atoms with Crippen molar-refractivity contribution in [2.24, 2.45) is 0 Å². The van der Waals surface area contributed by atoms with Gasteiger partial charge in [0, 0.05) is 11.6 Å². The number of carbonyl (C=O) groups excluding carboxylic acids is 1. The van der Waals surface area contributed by atoms with E-state index in [1.807, 2.05) is 12.1 Å². The van der Waals surface area contributed by atoms with Crippen molar-refractivity contribution in [2.75, 3.05) is 19.0 Å². The number of hydrogen-bond donors (Lipinski definition) is 1. The Morgan fingerprint density at radius 1 is 1.03 bits per heavy atom. The van der Waals surface area contributed by atoms with Crippen molar-refractivity contribution in [1.82, 2.24) is 4.31 Å². The van der Waals surface area contributed by atoms with Crippen LogP contribution < -0.4 is 5.32 Å². The summed E-state index contributed by atoms with van der Waals surface area (Å²) >= 11 is 5.96. The number of sulfonamides is 1. The number of fused-ring (bicyclic) bond motifs is 1. The topological polar surface area (TPSA) is 75.7 Å². The largest absolute Gasteiger partial charge is 0.465 e. The predicted molar refractivity (Wildman–Crippen MR) is 120 cm³/mol. The van der Waals surface area contributed by atoms with Crippen molar-refractivity contribution in [3.63, 3.8) is 0 Å². The SMILES string of the molecule is COC(=O)c1ccc(C2Nc3ccccc3S(=O)(=O)N2CCc2ccc(Cl)cc2)cc1. The van der Waals surface area contributed by atoms with Gasteiger partial charge >= 0.3 is 5.97 Å². The number of para-hydroxylation sites is 1. The molecule has 1 N–H and O–H groups in total. The number of halogens is 1. The van der Waals surface area contributed by atoms with Crippen LogP contribution in [0, 0.1) is 0 Å². The van der Waals surface area contributed by atoms with Crippen molar-refractivity contribution < 1.29 is 17.9 Å². The molecule has 31 heavy (non-hydrogen) atoms. The van der Waals surface area contributed by atoms with Gasteiger partial charge in [-0.25, -0.2) is 13.2 Å². The minimum atomic E-state index is -3.74. The standard InChI is InChI=1S/C23H21ClN2O4S/c1-30-23(27)18-10-8-17(9-11-18)22-25-20-4-2-3-5-21(20)31(28,29)26(22)15-14-16-6-12-19(24)13-7-16/h2-13,22,25H,14-15H2,1H3. The number of ether oxygens (including phenoxy) is 1. The fraction of sp³-hybridized carbons (Fsp3) is 0.174. The van der Waals surface area contributed by atoms with Crippen LogP contribution >= 0.6 is 11.6 Å². The molecule has 160 valence electrons. The molecule has 0 saturated carbocycles. The van der Waals surface area contributed by atoms with Gasteiger partial charge in [-0.3, -0.25) is 0 Å². The fourth-order valence-corrected chi connectivity index (χ4v) is 5.42. The van der Waals surface area contributed by atoms with Crippen LogP contribution in [-0.2, 0) is 21.2 Å². The first kappa shape index (κ1) is 21.4. The van der Waals surface area contributed by atoms with Gasteiger partial charge in [-0.2, -0.15) is 4.31 Å². The van der Waals surface area contributed by atoms with Crippen molar-refractivity contribution >= 4 is 33.3 Å². The molecule has 0 saturated heterocycles.